The summed E-state index contributed by atoms with van der Waals surface area (Å²) in [7, 11) is 0. The van der Waals surface area contributed by atoms with Crippen molar-refractivity contribution in [1.29, 1.82) is 0 Å². The van der Waals surface area contributed by atoms with Crippen LogP contribution in [0.25, 0.3) is 0 Å². The molecule has 1 heterocycles. The van der Waals surface area contributed by atoms with Crippen molar-refractivity contribution >= 4 is 41.1 Å². The van der Waals surface area contributed by atoms with Crippen molar-refractivity contribution in [1.82, 2.24) is 10.2 Å². The molecule has 2 N–H and O–H groups in total. The van der Waals surface area contributed by atoms with Gasteiger partial charge in [-0.25, -0.2) is 9.18 Å². The number of anilines is 1. The second kappa shape index (κ2) is 7.69. The fraction of sp³-hybridized carbons (Fsp3) is 0.375. The van der Waals surface area contributed by atoms with E-state index in [-0.39, 0.29) is 23.7 Å². The molecule has 0 saturated carbocycles. The molecule has 0 aromatic heterocycles. The number of ether oxygens (including phenoxy) is 1. The summed E-state index contributed by atoms with van der Waals surface area (Å²) >= 11 is 5.60. The van der Waals surface area contributed by atoms with E-state index in [1.54, 1.807) is 13.8 Å². The summed E-state index contributed by atoms with van der Waals surface area (Å²) in [6.07, 6.45) is -0.245. The summed E-state index contributed by atoms with van der Waals surface area (Å²) < 4.78 is 17.8. The van der Waals surface area contributed by atoms with Gasteiger partial charge in [-0.15, -0.1) is 0 Å². The van der Waals surface area contributed by atoms with Gasteiger partial charge >= 0.3 is 12.0 Å². The summed E-state index contributed by atoms with van der Waals surface area (Å²) in [4.78, 5) is 47.9. The van der Waals surface area contributed by atoms with Crippen LogP contribution in [0.3, 0.4) is 0 Å². The molecule has 0 spiro atoms. The molecule has 2 rings (SSSR count). The lowest BCUT2D eigenvalue weighted by Gasteiger charge is -2.15. The first-order valence-corrected chi connectivity index (χ1v) is 8.02. The Labute approximate surface area is 153 Å². The van der Waals surface area contributed by atoms with Crippen molar-refractivity contribution < 1.29 is 28.3 Å². The Kier molecular flexibility index (Phi) is 5.81. The fourth-order valence-corrected chi connectivity index (χ4v) is 2.39. The van der Waals surface area contributed by atoms with Crippen LogP contribution in [0.15, 0.2) is 18.2 Å². The van der Waals surface area contributed by atoms with Gasteiger partial charge in [0.2, 0.25) is 0 Å². The standard InChI is InChI=1S/C16H17ClFN3O5/c1-16(2)14(24)21(15(25)20-16)6-5-13(23)26-8-12(22)19-9-3-4-11(18)10(17)7-9/h3-4,7H,5-6,8H2,1-2H3,(H,19,22)(H,20,25). The lowest BCUT2D eigenvalue weighted by Crippen LogP contribution is -2.40. The number of esters is 1. The van der Waals surface area contributed by atoms with E-state index in [0.29, 0.717) is 0 Å². The van der Waals surface area contributed by atoms with Crippen LogP contribution in [0, 0.1) is 5.82 Å². The van der Waals surface area contributed by atoms with Gasteiger partial charge in [0.25, 0.3) is 11.8 Å². The van der Waals surface area contributed by atoms with Crippen molar-refractivity contribution in [2.75, 3.05) is 18.5 Å². The Hall–Kier alpha value is -2.68. The normalized spacial score (nSPS) is 15.6. The monoisotopic (exact) mass is 385 g/mol. The molecule has 4 amide bonds. The Bertz CT molecular complexity index is 768. The number of hydrogen-bond donors (Lipinski definition) is 2. The number of nitrogens with zero attached hydrogens (tertiary/aromatic N) is 1. The largest absolute Gasteiger partial charge is 0.456 e. The number of rotatable bonds is 6. The topological polar surface area (TPSA) is 105 Å². The van der Waals surface area contributed by atoms with Crippen LogP contribution in [0.5, 0.6) is 0 Å². The number of urea groups is 1. The zero-order valence-corrected chi connectivity index (χ0v) is 14.9. The SMILES string of the molecule is CC1(C)NC(=O)N(CCC(=O)OCC(=O)Nc2ccc(F)c(Cl)c2)C1=O. The first-order chi connectivity index (χ1) is 12.1. The molecule has 0 unspecified atom stereocenters. The minimum absolute atomic E-state index is 0.151. The van der Waals surface area contributed by atoms with Gasteiger partial charge in [-0.2, -0.15) is 0 Å². The quantitative estimate of drug-likeness (QED) is 0.572. The van der Waals surface area contributed by atoms with Crippen molar-refractivity contribution in [2.24, 2.45) is 0 Å². The first-order valence-electron chi connectivity index (χ1n) is 7.65. The third kappa shape index (κ3) is 4.69. The summed E-state index contributed by atoms with van der Waals surface area (Å²) in [5.41, 5.74) is -0.767. The van der Waals surface area contributed by atoms with Crippen LogP contribution in [0.4, 0.5) is 14.9 Å². The van der Waals surface area contributed by atoms with Gasteiger partial charge in [0.1, 0.15) is 11.4 Å². The predicted octanol–water partition coefficient (Wildman–Crippen LogP) is 1.68. The highest BCUT2D eigenvalue weighted by Crippen LogP contribution is 2.19. The Balaban J connectivity index is 1.76. The number of benzene rings is 1. The summed E-state index contributed by atoms with van der Waals surface area (Å²) in [5.74, 6) is -2.46. The molecular formula is C16H17ClFN3O5. The van der Waals surface area contributed by atoms with Crippen LogP contribution in [-0.2, 0) is 19.1 Å². The second-order valence-electron chi connectivity index (χ2n) is 6.10. The highest BCUT2D eigenvalue weighted by atomic mass is 35.5. The lowest BCUT2D eigenvalue weighted by molar-refractivity contribution is -0.147. The third-order valence-corrected chi connectivity index (χ3v) is 3.84. The lowest BCUT2D eigenvalue weighted by atomic mass is 10.1. The number of carbonyl (C=O) groups is 4. The summed E-state index contributed by atoms with van der Waals surface area (Å²) in [6, 6.07) is 3.03. The van der Waals surface area contributed by atoms with E-state index in [0.717, 1.165) is 11.0 Å². The molecule has 0 bridgehead atoms. The van der Waals surface area contributed by atoms with Gasteiger partial charge in [-0.1, -0.05) is 11.6 Å². The Morgan fingerprint density at radius 3 is 2.62 bits per heavy atom. The maximum absolute atomic E-state index is 13.0. The zero-order valence-electron chi connectivity index (χ0n) is 14.1. The van der Waals surface area contributed by atoms with Crippen LogP contribution in [-0.4, -0.2) is 47.4 Å². The molecular weight excluding hydrogens is 369 g/mol. The molecule has 0 radical (unpaired) electrons. The van der Waals surface area contributed by atoms with E-state index in [1.165, 1.54) is 12.1 Å². The highest BCUT2D eigenvalue weighted by Gasteiger charge is 2.44. The highest BCUT2D eigenvalue weighted by molar-refractivity contribution is 6.31. The average Bonchev–Trinajstić information content (AvgIpc) is 2.75. The Morgan fingerprint density at radius 2 is 2.04 bits per heavy atom. The Morgan fingerprint density at radius 1 is 1.35 bits per heavy atom. The maximum Gasteiger partial charge on any atom is 0.325 e. The van der Waals surface area contributed by atoms with Gasteiger partial charge in [-0.05, 0) is 32.0 Å². The number of imide groups is 1. The molecule has 26 heavy (non-hydrogen) atoms. The van der Waals surface area contributed by atoms with E-state index in [4.69, 9.17) is 16.3 Å². The number of amides is 4. The maximum atomic E-state index is 13.0. The van der Waals surface area contributed by atoms with Crippen molar-refractivity contribution in [2.45, 2.75) is 25.8 Å². The molecule has 140 valence electrons. The van der Waals surface area contributed by atoms with Gasteiger partial charge in [0, 0.05) is 12.2 Å². The number of halogens is 2. The molecule has 1 aliphatic heterocycles. The van der Waals surface area contributed by atoms with Crippen LogP contribution >= 0.6 is 11.6 Å². The van der Waals surface area contributed by atoms with E-state index >= 15 is 0 Å². The molecule has 1 aromatic carbocycles. The summed E-state index contributed by atoms with van der Waals surface area (Å²) in [5, 5.41) is 4.72. The van der Waals surface area contributed by atoms with Crippen LogP contribution in [0.1, 0.15) is 20.3 Å². The van der Waals surface area contributed by atoms with E-state index in [9.17, 15) is 23.6 Å². The molecule has 1 aromatic rings. The minimum Gasteiger partial charge on any atom is -0.456 e. The zero-order chi connectivity index (χ0) is 19.5. The van der Waals surface area contributed by atoms with Gasteiger partial charge < -0.3 is 15.4 Å². The first kappa shape index (κ1) is 19.6. The molecule has 10 heteroatoms. The number of hydrogen-bond acceptors (Lipinski definition) is 5. The molecule has 1 saturated heterocycles. The van der Waals surface area contributed by atoms with E-state index in [2.05, 4.69) is 10.6 Å². The molecule has 0 atom stereocenters. The van der Waals surface area contributed by atoms with E-state index < -0.39 is 41.8 Å². The average molecular weight is 386 g/mol. The minimum atomic E-state index is -1.02. The predicted molar refractivity (Wildman–Crippen MR) is 89.9 cm³/mol. The molecule has 1 fully saturated rings. The molecule has 1 aliphatic rings. The third-order valence-electron chi connectivity index (χ3n) is 3.55. The van der Waals surface area contributed by atoms with Gasteiger partial charge in [0.05, 0.1) is 11.4 Å². The summed E-state index contributed by atoms with van der Waals surface area (Å²) in [6.45, 7) is 2.39. The van der Waals surface area contributed by atoms with Crippen molar-refractivity contribution in [3.63, 3.8) is 0 Å². The van der Waals surface area contributed by atoms with Gasteiger partial charge in [0.15, 0.2) is 6.61 Å². The number of nitrogens with one attached hydrogen (secondary N) is 2. The smallest absolute Gasteiger partial charge is 0.325 e. The van der Waals surface area contributed by atoms with E-state index in [1.807, 2.05) is 0 Å². The van der Waals surface area contributed by atoms with Crippen LogP contribution in [0.2, 0.25) is 5.02 Å². The molecule has 0 aliphatic carbocycles. The fourth-order valence-electron chi connectivity index (χ4n) is 2.21. The molecule has 8 nitrogen and oxygen atoms in total. The second-order valence-corrected chi connectivity index (χ2v) is 6.51. The van der Waals surface area contributed by atoms with Gasteiger partial charge in [-0.3, -0.25) is 19.3 Å². The van der Waals surface area contributed by atoms with Crippen molar-refractivity contribution in [3.05, 3.63) is 29.0 Å². The van der Waals surface area contributed by atoms with Crippen LogP contribution < -0.4 is 10.6 Å². The number of carbonyl (C=O) groups excluding carboxylic acids is 4. The van der Waals surface area contributed by atoms with Crippen molar-refractivity contribution in [3.8, 4) is 0 Å².